The van der Waals surface area contributed by atoms with Crippen molar-refractivity contribution in [2.45, 2.75) is 77.0 Å². The largest absolute Gasteiger partial charge is 0.298 e. The number of hydrogen-bond acceptors (Lipinski definition) is 4. The molecule has 0 radical (unpaired) electrons. The molecule has 4 nitrogen and oxygen atoms in total. The van der Waals surface area contributed by atoms with E-state index in [4.69, 9.17) is 0 Å². The maximum atomic E-state index is 11.9. The Kier molecular flexibility index (Phi) is 7.75. The lowest BCUT2D eigenvalue weighted by atomic mass is 9.70. The Hall–Kier alpha value is -1.24. The quantitative estimate of drug-likeness (QED) is 0.396. The van der Waals surface area contributed by atoms with Crippen molar-refractivity contribution >= 4 is 43.4 Å². The van der Waals surface area contributed by atoms with Gasteiger partial charge in [0.2, 0.25) is 0 Å². The van der Waals surface area contributed by atoms with E-state index in [0.29, 0.717) is 12.8 Å². The molecule has 30 heavy (non-hydrogen) atoms. The fourth-order valence-corrected chi connectivity index (χ4v) is 7.25. The van der Waals surface area contributed by atoms with Crippen molar-refractivity contribution in [3.63, 3.8) is 0 Å². The summed E-state index contributed by atoms with van der Waals surface area (Å²) in [7, 11) is 0. The molecule has 160 valence electrons. The zero-order chi connectivity index (χ0) is 21.8. The molecule has 0 aromatic rings. The third-order valence-electron chi connectivity index (χ3n) is 7.27. The number of hydrogen-bond donors (Lipinski definition) is 0. The van der Waals surface area contributed by atoms with E-state index in [0.717, 1.165) is 73.2 Å². The molecule has 0 N–H and O–H groups in total. The molecule has 2 fully saturated rings. The normalized spacial score (nSPS) is 36.1. The van der Waals surface area contributed by atoms with Crippen LogP contribution in [0.5, 0.6) is 0 Å². The van der Waals surface area contributed by atoms with Gasteiger partial charge in [-0.25, -0.2) is 0 Å². The van der Waals surface area contributed by atoms with Gasteiger partial charge in [-0.3, -0.25) is 9.59 Å². The number of carbonyl (C=O) groups excluding carboxylic acids is 2. The van der Waals surface area contributed by atoms with Gasteiger partial charge in [0.15, 0.2) is 11.6 Å². The van der Waals surface area contributed by atoms with Crippen molar-refractivity contribution in [2.75, 3.05) is 0 Å². The lowest BCUT2D eigenvalue weighted by Crippen LogP contribution is -2.34. The molecule has 4 aliphatic carbocycles. The summed E-state index contributed by atoms with van der Waals surface area (Å²) in [5, 5.41) is 18.7. The van der Waals surface area contributed by atoms with Crippen LogP contribution in [0.4, 0.5) is 0 Å². The monoisotopic (exact) mass is 534 g/mol. The number of nitrogens with zero attached hydrogens (tertiary/aromatic N) is 2. The highest BCUT2D eigenvalue weighted by Gasteiger charge is 2.50. The zero-order valence-electron chi connectivity index (χ0n) is 17.3. The summed E-state index contributed by atoms with van der Waals surface area (Å²) in [5.74, 6) is 0.544. The van der Waals surface area contributed by atoms with Crippen LogP contribution in [-0.2, 0) is 9.59 Å². The Balaban J connectivity index is 0.000000171. The molecule has 0 spiro atoms. The molecule has 0 aliphatic heterocycles. The molecule has 2 saturated carbocycles. The van der Waals surface area contributed by atoms with Crippen LogP contribution in [0.3, 0.4) is 0 Å². The highest BCUT2D eigenvalue weighted by atomic mass is 79.9. The molecule has 0 unspecified atom stereocenters. The Morgan fingerprint density at radius 3 is 1.43 bits per heavy atom. The molecule has 0 bridgehead atoms. The second kappa shape index (κ2) is 9.92. The van der Waals surface area contributed by atoms with Crippen molar-refractivity contribution in [3.8, 4) is 12.1 Å². The second-order valence-electron chi connectivity index (χ2n) is 8.86. The van der Waals surface area contributed by atoms with Crippen LogP contribution in [0.15, 0.2) is 21.1 Å². The summed E-state index contributed by atoms with van der Waals surface area (Å²) in [5.41, 5.74) is -1.43. The first kappa shape index (κ1) is 23.4. The fourth-order valence-electron chi connectivity index (χ4n) is 5.56. The van der Waals surface area contributed by atoms with E-state index in [2.05, 4.69) is 56.2 Å². The Morgan fingerprint density at radius 1 is 0.767 bits per heavy atom. The number of ketones is 2. The van der Waals surface area contributed by atoms with E-state index in [9.17, 15) is 20.1 Å². The molecule has 0 amide bonds. The van der Waals surface area contributed by atoms with Gasteiger partial charge in [0.05, 0.1) is 12.1 Å². The molecule has 4 aliphatic rings. The highest BCUT2D eigenvalue weighted by Crippen LogP contribution is 2.50. The van der Waals surface area contributed by atoms with Crippen molar-refractivity contribution in [2.24, 2.45) is 22.7 Å². The highest BCUT2D eigenvalue weighted by molar-refractivity contribution is 9.12. The van der Waals surface area contributed by atoms with E-state index in [1.54, 1.807) is 0 Å². The average Bonchev–Trinajstić information content (AvgIpc) is 3.32. The van der Waals surface area contributed by atoms with Gasteiger partial charge in [-0.2, -0.15) is 10.5 Å². The third-order valence-corrected chi connectivity index (χ3v) is 9.02. The maximum Gasteiger partial charge on any atom is 0.153 e. The molecule has 0 aromatic heterocycles. The first-order chi connectivity index (χ1) is 14.4. The van der Waals surface area contributed by atoms with Crippen LogP contribution in [0.2, 0.25) is 0 Å². The van der Waals surface area contributed by atoms with Crippen LogP contribution >= 0.6 is 31.9 Å². The van der Waals surface area contributed by atoms with Crippen molar-refractivity contribution in [1.82, 2.24) is 0 Å². The summed E-state index contributed by atoms with van der Waals surface area (Å²) < 4.78 is 2.15. The van der Waals surface area contributed by atoms with Gasteiger partial charge in [0.1, 0.15) is 10.8 Å². The molecule has 4 rings (SSSR count). The summed E-state index contributed by atoms with van der Waals surface area (Å²) in [6.45, 7) is 0. The average molecular weight is 536 g/mol. The molecule has 0 heterocycles. The van der Waals surface area contributed by atoms with Crippen molar-refractivity contribution < 1.29 is 9.59 Å². The van der Waals surface area contributed by atoms with Crippen molar-refractivity contribution in [1.29, 1.82) is 10.5 Å². The van der Waals surface area contributed by atoms with Gasteiger partial charge in [0.25, 0.3) is 0 Å². The number of carbonyl (C=O) groups is 2. The topological polar surface area (TPSA) is 81.7 Å². The summed E-state index contributed by atoms with van der Waals surface area (Å²) in [4.78, 5) is 23.8. The van der Waals surface area contributed by atoms with Gasteiger partial charge in [-0.1, -0.05) is 44.0 Å². The Labute approximate surface area is 196 Å². The lowest BCUT2D eigenvalue weighted by molar-refractivity contribution is -0.125. The Morgan fingerprint density at radius 2 is 1.17 bits per heavy atom. The van der Waals surface area contributed by atoms with E-state index < -0.39 is 10.8 Å². The third kappa shape index (κ3) is 4.23. The number of allylic oxidation sites excluding steroid dienone is 4. The number of halogens is 2. The van der Waals surface area contributed by atoms with Crippen LogP contribution < -0.4 is 0 Å². The minimum Gasteiger partial charge on any atom is -0.298 e. The summed E-state index contributed by atoms with van der Waals surface area (Å²) in [6.07, 6.45) is 14.9. The minimum atomic E-state index is -0.713. The predicted octanol–water partition coefficient (Wildman–Crippen LogP) is 6.66. The minimum absolute atomic E-state index is 0.117. The van der Waals surface area contributed by atoms with Gasteiger partial charge >= 0.3 is 0 Å². The van der Waals surface area contributed by atoms with E-state index in [-0.39, 0.29) is 23.4 Å². The van der Waals surface area contributed by atoms with Gasteiger partial charge < -0.3 is 0 Å². The molecular weight excluding hydrogens is 508 g/mol. The molecular formula is C24H28Br2N2O2. The molecule has 6 heteroatoms. The SMILES string of the molecule is N#C[C@@]1([C@@H]2CCCC=C2Br)CCCC1=O.N#C[C@@]1([C@@H]2CCCC=C2Br)CCCC1=O. The first-order valence-electron chi connectivity index (χ1n) is 11.0. The predicted molar refractivity (Wildman–Crippen MR) is 123 cm³/mol. The second-order valence-corrected chi connectivity index (χ2v) is 10.7. The number of Topliss-reactive ketones (excluding diaryl/α,β-unsaturated/α-hetero) is 2. The van der Waals surface area contributed by atoms with E-state index >= 15 is 0 Å². The summed E-state index contributed by atoms with van der Waals surface area (Å²) >= 11 is 7.05. The molecule has 0 saturated heterocycles. The lowest BCUT2D eigenvalue weighted by Gasteiger charge is -2.32. The fraction of sp³-hybridized carbons (Fsp3) is 0.667. The van der Waals surface area contributed by atoms with E-state index in [1.807, 2.05) is 0 Å². The van der Waals surface area contributed by atoms with Gasteiger partial charge in [-0.05, 0) is 73.2 Å². The van der Waals surface area contributed by atoms with Crippen LogP contribution in [0.25, 0.3) is 0 Å². The summed E-state index contributed by atoms with van der Waals surface area (Å²) in [6, 6.07) is 4.61. The number of nitriles is 2. The van der Waals surface area contributed by atoms with Gasteiger partial charge in [-0.15, -0.1) is 0 Å². The first-order valence-corrected chi connectivity index (χ1v) is 12.6. The molecule has 0 aromatic carbocycles. The number of rotatable bonds is 2. The maximum absolute atomic E-state index is 11.9. The van der Waals surface area contributed by atoms with Crippen LogP contribution in [0, 0.1) is 45.3 Å². The van der Waals surface area contributed by atoms with Gasteiger partial charge in [0, 0.05) is 24.7 Å². The Bertz CT molecular complexity index is 780. The van der Waals surface area contributed by atoms with Crippen LogP contribution in [-0.4, -0.2) is 11.6 Å². The molecule has 4 atom stereocenters. The zero-order valence-corrected chi connectivity index (χ0v) is 20.4. The van der Waals surface area contributed by atoms with E-state index in [1.165, 1.54) is 0 Å². The standard InChI is InChI=1S/2C12H14BrNO/c2*13-10-5-2-1-4-9(10)12(8-14)7-3-6-11(12)15/h2*5,9H,1-4,6-7H2/t2*9-,12-/m11/s1. The van der Waals surface area contributed by atoms with Crippen LogP contribution in [0.1, 0.15) is 77.0 Å². The van der Waals surface area contributed by atoms with Crippen molar-refractivity contribution in [3.05, 3.63) is 21.1 Å². The smallest absolute Gasteiger partial charge is 0.153 e.